The molecule has 0 saturated carbocycles. The fraction of sp³-hybridized carbons (Fsp3) is 0.0833. The highest BCUT2D eigenvalue weighted by atomic mass is 35.5. The summed E-state index contributed by atoms with van der Waals surface area (Å²) in [4.78, 5) is 20.3. The quantitative estimate of drug-likeness (QED) is 0.396. The van der Waals surface area contributed by atoms with Gasteiger partial charge in [0.15, 0.2) is 5.17 Å². The number of benzene rings is 3. The van der Waals surface area contributed by atoms with E-state index >= 15 is 0 Å². The first kappa shape index (κ1) is 20.7. The Morgan fingerprint density at radius 2 is 1.50 bits per heavy atom. The van der Waals surface area contributed by atoms with Crippen molar-refractivity contribution in [1.29, 1.82) is 0 Å². The first-order valence-corrected chi connectivity index (χ1v) is 11.0. The fourth-order valence-corrected chi connectivity index (χ4v) is 4.28. The van der Waals surface area contributed by atoms with Crippen molar-refractivity contribution < 1.29 is 4.79 Å². The summed E-state index contributed by atoms with van der Waals surface area (Å²) in [5.74, 6) is -0.0430. The Labute approximate surface area is 190 Å². The number of carbonyl (C=O) groups excluding carboxylic acids is 1. The van der Waals surface area contributed by atoms with Crippen LogP contribution < -0.4 is 0 Å². The van der Waals surface area contributed by atoms with Crippen LogP contribution in [0.15, 0.2) is 88.8 Å². The van der Waals surface area contributed by atoms with E-state index in [4.69, 9.17) is 28.2 Å². The van der Waals surface area contributed by atoms with Crippen LogP contribution in [0.1, 0.15) is 11.1 Å². The molecule has 3 nitrogen and oxygen atoms in total. The van der Waals surface area contributed by atoms with E-state index in [1.165, 1.54) is 11.8 Å². The van der Waals surface area contributed by atoms with Gasteiger partial charge in [-0.25, -0.2) is 4.99 Å². The molecular formula is C24H18Cl2N2OS. The molecule has 0 N–H and O–H groups in total. The van der Waals surface area contributed by atoms with Gasteiger partial charge in [-0.2, -0.15) is 0 Å². The Morgan fingerprint density at radius 3 is 2.17 bits per heavy atom. The van der Waals surface area contributed by atoms with Crippen LogP contribution in [-0.2, 0) is 11.2 Å². The number of amides is 1. The molecule has 3 aromatic rings. The van der Waals surface area contributed by atoms with Crippen molar-refractivity contribution in [3.63, 3.8) is 0 Å². The van der Waals surface area contributed by atoms with Crippen LogP contribution in [-0.4, -0.2) is 22.5 Å². The van der Waals surface area contributed by atoms with Crippen molar-refractivity contribution in [2.24, 2.45) is 4.99 Å². The van der Waals surface area contributed by atoms with Gasteiger partial charge in [0, 0.05) is 16.6 Å². The highest BCUT2D eigenvalue weighted by Crippen LogP contribution is 2.34. The number of aliphatic imine (C=N–C) groups is 1. The van der Waals surface area contributed by atoms with E-state index in [0.29, 0.717) is 33.1 Å². The van der Waals surface area contributed by atoms with Gasteiger partial charge in [-0.05, 0) is 71.8 Å². The van der Waals surface area contributed by atoms with Crippen LogP contribution >= 0.6 is 35.0 Å². The average molecular weight is 453 g/mol. The SMILES string of the molecule is O=C1C(=Cc2ccc(Cl)cc2)SC(=Nc2ccccc2)N1CCc1ccc(Cl)cc1. The molecule has 0 bridgehead atoms. The van der Waals surface area contributed by atoms with Gasteiger partial charge >= 0.3 is 0 Å². The largest absolute Gasteiger partial charge is 0.286 e. The number of rotatable bonds is 5. The third-order valence-corrected chi connectivity index (χ3v) is 6.08. The Balaban J connectivity index is 1.61. The molecule has 0 aromatic heterocycles. The van der Waals surface area contributed by atoms with Crippen molar-refractivity contribution in [3.05, 3.63) is 105 Å². The van der Waals surface area contributed by atoms with E-state index in [1.807, 2.05) is 84.9 Å². The summed E-state index contributed by atoms with van der Waals surface area (Å²) in [7, 11) is 0. The number of amidine groups is 1. The van der Waals surface area contributed by atoms with Crippen LogP contribution in [0, 0.1) is 0 Å². The highest BCUT2D eigenvalue weighted by molar-refractivity contribution is 8.18. The van der Waals surface area contributed by atoms with E-state index in [-0.39, 0.29) is 5.91 Å². The van der Waals surface area contributed by atoms with Gasteiger partial charge in [0.25, 0.3) is 5.91 Å². The lowest BCUT2D eigenvalue weighted by Crippen LogP contribution is -2.31. The minimum atomic E-state index is -0.0430. The number of hydrogen-bond acceptors (Lipinski definition) is 3. The van der Waals surface area contributed by atoms with Gasteiger partial charge in [-0.3, -0.25) is 9.69 Å². The minimum Gasteiger partial charge on any atom is -0.286 e. The molecule has 0 spiro atoms. The topological polar surface area (TPSA) is 32.7 Å². The lowest BCUT2D eigenvalue weighted by Gasteiger charge is -2.15. The molecule has 0 unspecified atom stereocenters. The molecule has 0 aliphatic carbocycles. The number of thioether (sulfide) groups is 1. The second-order valence-corrected chi connectivity index (χ2v) is 8.61. The minimum absolute atomic E-state index is 0.0430. The molecular weight excluding hydrogens is 435 g/mol. The summed E-state index contributed by atoms with van der Waals surface area (Å²) in [6.45, 7) is 0.539. The highest BCUT2D eigenvalue weighted by Gasteiger charge is 2.33. The standard InChI is InChI=1S/C24H18Cl2N2OS/c25-19-10-6-17(7-11-19)14-15-28-23(29)22(16-18-8-12-20(26)13-9-18)30-24(28)27-21-4-2-1-3-5-21/h1-13,16H,14-15H2. The summed E-state index contributed by atoms with van der Waals surface area (Å²) in [5.41, 5.74) is 2.86. The lowest BCUT2D eigenvalue weighted by molar-refractivity contribution is -0.122. The van der Waals surface area contributed by atoms with E-state index in [2.05, 4.69) is 0 Å². The molecule has 6 heteroatoms. The summed E-state index contributed by atoms with van der Waals surface area (Å²) >= 11 is 13.3. The van der Waals surface area contributed by atoms with Crippen LogP contribution in [0.3, 0.4) is 0 Å². The molecule has 0 radical (unpaired) electrons. The monoisotopic (exact) mass is 452 g/mol. The van der Waals surface area contributed by atoms with Crippen molar-refractivity contribution in [3.8, 4) is 0 Å². The first-order chi connectivity index (χ1) is 14.6. The molecule has 1 aliphatic rings. The molecule has 1 amide bonds. The predicted octanol–water partition coefficient (Wildman–Crippen LogP) is 6.84. The zero-order valence-corrected chi connectivity index (χ0v) is 18.3. The molecule has 1 heterocycles. The number of nitrogens with zero attached hydrogens (tertiary/aromatic N) is 2. The van der Waals surface area contributed by atoms with E-state index in [1.54, 1.807) is 4.90 Å². The lowest BCUT2D eigenvalue weighted by atomic mass is 10.1. The van der Waals surface area contributed by atoms with Crippen LogP contribution in [0.25, 0.3) is 6.08 Å². The average Bonchev–Trinajstić information content (AvgIpc) is 3.04. The zero-order valence-electron chi connectivity index (χ0n) is 16.0. The van der Waals surface area contributed by atoms with Crippen LogP contribution in [0.5, 0.6) is 0 Å². The normalized spacial score (nSPS) is 16.6. The van der Waals surface area contributed by atoms with Gasteiger partial charge in [0.2, 0.25) is 0 Å². The van der Waals surface area contributed by atoms with Crippen molar-refractivity contribution in [1.82, 2.24) is 4.90 Å². The van der Waals surface area contributed by atoms with Gasteiger partial charge in [-0.15, -0.1) is 0 Å². The number of halogens is 2. The Kier molecular flexibility index (Phi) is 6.58. The smallest absolute Gasteiger partial charge is 0.266 e. The Bertz CT molecular complexity index is 1090. The Morgan fingerprint density at radius 1 is 0.867 bits per heavy atom. The summed E-state index contributed by atoms with van der Waals surface area (Å²) in [6.07, 6.45) is 2.59. The summed E-state index contributed by atoms with van der Waals surface area (Å²) in [5, 5.41) is 2.05. The summed E-state index contributed by atoms with van der Waals surface area (Å²) in [6, 6.07) is 24.8. The third kappa shape index (κ3) is 5.14. The number of para-hydroxylation sites is 1. The molecule has 30 heavy (non-hydrogen) atoms. The molecule has 1 aliphatic heterocycles. The maximum absolute atomic E-state index is 13.2. The van der Waals surface area contributed by atoms with Crippen LogP contribution in [0.4, 0.5) is 5.69 Å². The van der Waals surface area contributed by atoms with Crippen LogP contribution in [0.2, 0.25) is 10.0 Å². The molecule has 150 valence electrons. The van der Waals surface area contributed by atoms with E-state index < -0.39 is 0 Å². The number of carbonyl (C=O) groups is 1. The first-order valence-electron chi connectivity index (χ1n) is 9.44. The third-order valence-electron chi connectivity index (χ3n) is 4.57. The van der Waals surface area contributed by atoms with Crippen molar-refractivity contribution >= 4 is 57.8 Å². The second-order valence-electron chi connectivity index (χ2n) is 6.73. The maximum Gasteiger partial charge on any atom is 0.266 e. The van der Waals surface area contributed by atoms with Gasteiger partial charge in [-0.1, -0.05) is 65.7 Å². The zero-order chi connectivity index (χ0) is 20.9. The molecule has 4 rings (SSSR count). The van der Waals surface area contributed by atoms with Gasteiger partial charge in [0.05, 0.1) is 10.6 Å². The van der Waals surface area contributed by atoms with Gasteiger partial charge in [0.1, 0.15) is 0 Å². The molecule has 1 saturated heterocycles. The molecule has 3 aromatic carbocycles. The molecule has 0 atom stereocenters. The summed E-state index contributed by atoms with van der Waals surface area (Å²) < 4.78 is 0. The second kappa shape index (κ2) is 9.52. The fourth-order valence-electron chi connectivity index (χ4n) is 3.00. The van der Waals surface area contributed by atoms with E-state index in [9.17, 15) is 4.79 Å². The Hall–Kier alpha value is -2.53. The predicted molar refractivity (Wildman–Crippen MR) is 127 cm³/mol. The van der Waals surface area contributed by atoms with Crippen molar-refractivity contribution in [2.45, 2.75) is 6.42 Å². The van der Waals surface area contributed by atoms with Gasteiger partial charge < -0.3 is 0 Å². The van der Waals surface area contributed by atoms with E-state index in [0.717, 1.165) is 16.8 Å². The van der Waals surface area contributed by atoms with Crippen molar-refractivity contribution in [2.75, 3.05) is 6.54 Å². The molecule has 1 fully saturated rings. The maximum atomic E-state index is 13.2. The number of hydrogen-bond donors (Lipinski definition) is 0.